The van der Waals surface area contributed by atoms with Crippen LogP contribution in [0.2, 0.25) is 0 Å². The van der Waals surface area contributed by atoms with Gasteiger partial charge in [-0.2, -0.15) is 0 Å². The Hall–Kier alpha value is -2.21. The third kappa shape index (κ3) is 4.27. The van der Waals surface area contributed by atoms with Gasteiger partial charge in [-0.15, -0.1) is 0 Å². The minimum atomic E-state index is -4.10. The van der Waals surface area contributed by atoms with Crippen molar-refractivity contribution in [3.8, 4) is 0 Å². The molecule has 28 heavy (non-hydrogen) atoms. The molecule has 3 atom stereocenters. The third-order valence-electron chi connectivity index (χ3n) is 5.05. The first-order valence-electron chi connectivity index (χ1n) is 9.19. The smallest absolute Gasteiger partial charge is 0.344 e. The molecule has 1 heterocycles. The summed E-state index contributed by atoms with van der Waals surface area (Å²) in [5.74, 6) is -2.09. The quantitative estimate of drug-likeness (QED) is 0.682. The van der Waals surface area contributed by atoms with Crippen LogP contribution in [0.25, 0.3) is 10.8 Å². The molecule has 0 aliphatic carbocycles. The van der Waals surface area contributed by atoms with E-state index in [1.54, 1.807) is 0 Å². The van der Waals surface area contributed by atoms with E-state index in [1.807, 2.05) is 50.2 Å². The highest BCUT2D eigenvalue weighted by Crippen LogP contribution is 2.46. The summed E-state index contributed by atoms with van der Waals surface area (Å²) < 4.78 is 17.3. The van der Waals surface area contributed by atoms with E-state index in [1.165, 1.54) is 0 Å². The fourth-order valence-electron chi connectivity index (χ4n) is 3.45. The molecular formula is C20H25N2O5P. The first kappa shape index (κ1) is 20.5. The van der Waals surface area contributed by atoms with E-state index < -0.39 is 25.3 Å². The highest BCUT2D eigenvalue weighted by Gasteiger charge is 2.36. The number of benzene rings is 2. The normalized spacial score (nSPS) is 22.9. The van der Waals surface area contributed by atoms with Gasteiger partial charge in [0.1, 0.15) is 11.8 Å². The Morgan fingerprint density at radius 2 is 1.93 bits per heavy atom. The number of rotatable bonds is 3. The lowest BCUT2D eigenvalue weighted by molar-refractivity contribution is -0.130. The molecule has 0 spiro atoms. The Kier molecular flexibility index (Phi) is 5.89. The van der Waals surface area contributed by atoms with Crippen LogP contribution in [0.1, 0.15) is 25.0 Å². The van der Waals surface area contributed by atoms with Gasteiger partial charge in [-0.25, -0.2) is 0 Å². The van der Waals surface area contributed by atoms with E-state index in [0.29, 0.717) is 0 Å². The van der Waals surface area contributed by atoms with Crippen molar-refractivity contribution in [2.45, 2.75) is 38.5 Å². The van der Waals surface area contributed by atoms with Crippen LogP contribution < -0.4 is 10.6 Å². The molecule has 3 rings (SSSR count). The molecule has 2 aromatic rings. The lowest BCUT2D eigenvalue weighted by Crippen LogP contribution is -2.52. The van der Waals surface area contributed by atoms with E-state index in [9.17, 15) is 19.0 Å². The van der Waals surface area contributed by atoms with Crippen molar-refractivity contribution in [2.24, 2.45) is 5.92 Å². The summed E-state index contributed by atoms with van der Waals surface area (Å²) in [6.45, 7) is 3.62. The molecule has 1 aliphatic rings. The van der Waals surface area contributed by atoms with Crippen molar-refractivity contribution < 1.29 is 23.6 Å². The van der Waals surface area contributed by atoms with Crippen LogP contribution in [-0.2, 0) is 31.5 Å². The van der Waals surface area contributed by atoms with Crippen molar-refractivity contribution in [2.75, 3.05) is 7.11 Å². The van der Waals surface area contributed by atoms with E-state index in [4.69, 9.17) is 4.52 Å². The summed E-state index contributed by atoms with van der Waals surface area (Å²) in [6.07, 6.45) is 0.285. The summed E-state index contributed by atoms with van der Waals surface area (Å²) in [4.78, 5) is 35.7. The maximum atomic E-state index is 12.8. The van der Waals surface area contributed by atoms with Crippen molar-refractivity contribution in [1.82, 2.24) is 10.6 Å². The molecule has 1 aliphatic heterocycles. The zero-order chi connectivity index (χ0) is 20.5. The van der Waals surface area contributed by atoms with Crippen LogP contribution in [-0.4, -0.2) is 35.6 Å². The van der Waals surface area contributed by atoms with Gasteiger partial charge in [-0.3, -0.25) is 14.2 Å². The zero-order valence-electron chi connectivity index (χ0n) is 16.1. The second kappa shape index (κ2) is 8.03. The van der Waals surface area contributed by atoms with Crippen LogP contribution in [0.5, 0.6) is 0 Å². The van der Waals surface area contributed by atoms with Crippen molar-refractivity contribution in [3.05, 3.63) is 47.5 Å². The molecule has 1 unspecified atom stereocenters. The van der Waals surface area contributed by atoms with E-state index in [2.05, 4.69) is 10.6 Å². The molecule has 0 saturated carbocycles. The molecule has 0 aromatic heterocycles. The molecular weight excluding hydrogens is 379 g/mol. The number of hydrogen-bond donors (Lipinski definition) is 3. The summed E-state index contributed by atoms with van der Waals surface area (Å²) in [5, 5.41) is 7.27. The van der Waals surface area contributed by atoms with Crippen LogP contribution in [0, 0.1) is 5.92 Å². The second-order valence-corrected chi connectivity index (χ2v) is 9.53. The number of carbonyl (C=O) groups excluding carboxylic acids is 2. The predicted molar refractivity (Wildman–Crippen MR) is 107 cm³/mol. The molecule has 150 valence electrons. The Labute approximate surface area is 164 Å². The third-order valence-corrected chi connectivity index (χ3v) is 6.67. The highest BCUT2D eigenvalue weighted by molar-refractivity contribution is 7.53. The van der Waals surface area contributed by atoms with Crippen molar-refractivity contribution >= 4 is 30.2 Å². The molecule has 0 saturated heterocycles. The van der Waals surface area contributed by atoms with E-state index in [-0.39, 0.29) is 24.7 Å². The fourth-order valence-corrected chi connectivity index (χ4v) is 4.44. The van der Waals surface area contributed by atoms with Gasteiger partial charge in [0, 0.05) is 13.5 Å². The fraction of sp³-hybridized carbons (Fsp3) is 0.400. The van der Waals surface area contributed by atoms with Crippen LogP contribution >= 0.6 is 7.60 Å². The van der Waals surface area contributed by atoms with Gasteiger partial charge in [-0.1, -0.05) is 50.2 Å². The Morgan fingerprint density at radius 3 is 2.61 bits per heavy atom. The Bertz CT molecular complexity index is 959. The van der Waals surface area contributed by atoms with Crippen LogP contribution in [0.3, 0.4) is 0 Å². The molecule has 8 heteroatoms. The van der Waals surface area contributed by atoms with E-state index in [0.717, 1.165) is 29.0 Å². The minimum absolute atomic E-state index is 0.135. The number of nitrogens with one attached hydrogen (secondary N) is 2. The Morgan fingerprint density at radius 1 is 1.18 bits per heavy atom. The molecule has 2 amide bonds. The first-order valence-corrected chi connectivity index (χ1v) is 10.8. The summed E-state index contributed by atoms with van der Waals surface area (Å²) in [7, 11) is -2.96. The monoisotopic (exact) mass is 404 g/mol. The molecule has 0 fully saturated rings. The van der Waals surface area contributed by atoms with Crippen LogP contribution in [0.15, 0.2) is 36.4 Å². The lowest BCUT2D eigenvalue weighted by atomic mass is 9.97. The number of carbonyl (C=O) groups is 2. The van der Waals surface area contributed by atoms with Gasteiger partial charge in [0.2, 0.25) is 11.8 Å². The van der Waals surface area contributed by atoms with Crippen molar-refractivity contribution in [3.63, 3.8) is 0 Å². The summed E-state index contributed by atoms with van der Waals surface area (Å²) in [5.41, 5.74) is 1.62. The SMILES string of the molecule is COP(=O)(O)[C@H]1Cc2ccc3cccc(c3c2)CC(=O)N[C@@H](C(C)C)C(=O)N1. The highest BCUT2D eigenvalue weighted by atomic mass is 31.2. The Balaban J connectivity index is 2.12. The van der Waals surface area contributed by atoms with Crippen LogP contribution in [0.4, 0.5) is 0 Å². The van der Waals surface area contributed by atoms with Crippen molar-refractivity contribution in [1.29, 1.82) is 0 Å². The number of hydrogen-bond acceptors (Lipinski definition) is 4. The largest absolute Gasteiger partial charge is 0.350 e. The van der Waals surface area contributed by atoms with Gasteiger partial charge in [-0.05, 0) is 27.8 Å². The number of amides is 2. The molecule has 2 aromatic carbocycles. The summed E-state index contributed by atoms with van der Waals surface area (Å²) in [6, 6.07) is 10.6. The lowest BCUT2D eigenvalue weighted by Gasteiger charge is -2.28. The van der Waals surface area contributed by atoms with Gasteiger partial charge in [0.15, 0.2) is 0 Å². The average Bonchev–Trinajstić information content (AvgIpc) is 2.64. The number of fused-ring (bicyclic) bond motifs is 1. The predicted octanol–water partition coefficient (Wildman–Crippen LogP) is 2.35. The molecule has 3 N–H and O–H groups in total. The molecule has 0 radical (unpaired) electrons. The zero-order valence-corrected chi connectivity index (χ0v) is 17.0. The second-order valence-electron chi connectivity index (χ2n) is 7.41. The average molecular weight is 404 g/mol. The molecule has 2 bridgehead atoms. The maximum Gasteiger partial charge on any atom is 0.350 e. The van der Waals surface area contributed by atoms with E-state index >= 15 is 0 Å². The topological polar surface area (TPSA) is 105 Å². The summed E-state index contributed by atoms with van der Waals surface area (Å²) >= 11 is 0. The van der Waals surface area contributed by atoms with Gasteiger partial charge >= 0.3 is 7.60 Å². The standard InChI is InChI=1S/C20H25N2O5P/c1-12(2)19-20(24)22-18(28(25,26)27-3)10-13-7-8-14-5-4-6-15(16(14)9-13)11-17(23)21-19/h4-9,12,18-19H,10-11H2,1-3H3,(H,21,23)(H,22,24)(H,25,26)/t18-,19-/m0/s1. The molecule has 7 nitrogen and oxygen atoms in total. The minimum Gasteiger partial charge on any atom is -0.344 e. The van der Waals surface area contributed by atoms with Gasteiger partial charge < -0.3 is 20.1 Å². The van der Waals surface area contributed by atoms with Gasteiger partial charge in [0.05, 0.1) is 6.42 Å². The maximum absolute atomic E-state index is 12.8. The van der Waals surface area contributed by atoms with Gasteiger partial charge in [0.25, 0.3) is 0 Å². The first-order chi connectivity index (χ1) is 13.2.